The molecule has 0 radical (unpaired) electrons. The van der Waals surface area contributed by atoms with E-state index in [0.717, 1.165) is 19.3 Å². The molecule has 1 fully saturated rings. The van der Waals surface area contributed by atoms with Crippen molar-refractivity contribution in [1.29, 1.82) is 0 Å². The third-order valence-corrected chi connectivity index (χ3v) is 3.12. The summed E-state index contributed by atoms with van der Waals surface area (Å²) < 4.78 is 5.41. The minimum atomic E-state index is -0.582. The Morgan fingerprint density at radius 2 is 2.38 bits per heavy atom. The molecule has 1 aliphatic heterocycles. The van der Waals surface area contributed by atoms with Crippen LogP contribution in [-0.2, 0) is 4.74 Å². The third kappa shape index (κ3) is 2.42. The lowest BCUT2D eigenvalue weighted by atomic mass is 9.78. The quantitative estimate of drug-likeness (QED) is 0.690. The van der Waals surface area contributed by atoms with Crippen LogP contribution in [0.3, 0.4) is 0 Å². The first-order valence-electron chi connectivity index (χ1n) is 5.16. The van der Waals surface area contributed by atoms with Gasteiger partial charge in [-0.05, 0) is 32.2 Å². The van der Waals surface area contributed by atoms with Crippen LogP contribution in [0.5, 0.6) is 0 Å². The SMILES string of the molecule is CCC(CN)C1(O)CCOC(C)C1. The van der Waals surface area contributed by atoms with E-state index < -0.39 is 5.60 Å². The molecule has 1 rings (SSSR count). The fourth-order valence-electron chi connectivity index (χ4n) is 2.23. The topological polar surface area (TPSA) is 55.5 Å². The highest BCUT2D eigenvalue weighted by Gasteiger charge is 2.38. The molecule has 0 bridgehead atoms. The van der Waals surface area contributed by atoms with Crippen LogP contribution in [0.1, 0.15) is 33.1 Å². The predicted molar refractivity (Wildman–Crippen MR) is 52.4 cm³/mol. The summed E-state index contributed by atoms with van der Waals surface area (Å²) in [5.41, 5.74) is 5.06. The molecule has 0 aliphatic carbocycles. The van der Waals surface area contributed by atoms with Crippen LogP contribution in [0.25, 0.3) is 0 Å². The minimum Gasteiger partial charge on any atom is -0.389 e. The highest BCUT2D eigenvalue weighted by molar-refractivity contribution is 4.90. The van der Waals surface area contributed by atoms with E-state index in [0.29, 0.717) is 13.2 Å². The number of hydrogen-bond donors (Lipinski definition) is 2. The summed E-state index contributed by atoms with van der Waals surface area (Å²) in [4.78, 5) is 0. The van der Waals surface area contributed by atoms with E-state index in [9.17, 15) is 5.11 Å². The number of ether oxygens (including phenoxy) is 1. The first kappa shape index (κ1) is 11.0. The van der Waals surface area contributed by atoms with Crippen LogP contribution in [-0.4, -0.2) is 30.0 Å². The van der Waals surface area contributed by atoms with Crippen molar-refractivity contribution in [3.05, 3.63) is 0 Å². The van der Waals surface area contributed by atoms with E-state index in [-0.39, 0.29) is 12.0 Å². The maximum atomic E-state index is 10.3. The van der Waals surface area contributed by atoms with Gasteiger partial charge in [-0.2, -0.15) is 0 Å². The molecule has 3 unspecified atom stereocenters. The summed E-state index contributed by atoms with van der Waals surface area (Å²) in [5.74, 6) is 0.221. The molecule has 0 aromatic rings. The monoisotopic (exact) mass is 187 g/mol. The zero-order valence-corrected chi connectivity index (χ0v) is 8.62. The van der Waals surface area contributed by atoms with Crippen LogP contribution in [0.2, 0.25) is 0 Å². The molecule has 3 nitrogen and oxygen atoms in total. The maximum Gasteiger partial charge on any atom is 0.0734 e. The van der Waals surface area contributed by atoms with Crippen LogP contribution < -0.4 is 5.73 Å². The van der Waals surface area contributed by atoms with Gasteiger partial charge in [-0.25, -0.2) is 0 Å². The molecule has 78 valence electrons. The molecule has 0 aromatic carbocycles. The molecule has 1 saturated heterocycles. The Morgan fingerprint density at radius 1 is 1.69 bits per heavy atom. The van der Waals surface area contributed by atoms with Gasteiger partial charge in [0.05, 0.1) is 11.7 Å². The molecule has 1 heterocycles. The van der Waals surface area contributed by atoms with Gasteiger partial charge < -0.3 is 15.6 Å². The van der Waals surface area contributed by atoms with Crippen LogP contribution in [0.4, 0.5) is 0 Å². The van der Waals surface area contributed by atoms with Gasteiger partial charge in [-0.3, -0.25) is 0 Å². The van der Waals surface area contributed by atoms with Gasteiger partial charge in [-0.1, -0.05) is 6.92 Å². The highest BCUT2D eigenvalue weighted by Crippen LogP contribution is 2.32. The molecule has 3 heteroatoms. The van der Waals surface area contributed by atoms with Crippen molar-refractivity contribution >= 4 is 0 Å². The van der Waals surface area contributed by atoms with Crippen LogP contribution in [0, 0.1) is 5.92 Å². The Kier molecular flexibility index (Phi) is 3.71. The van der Waals surface area contributed by atoms with Gasteiger partial charge in [0.2, 0.25) is 0 Å². The zero-order valence-electron chi connectivity index (χ0n) is 8.62. The Bertz CT molecular complexity index is 159. The lowest BCUT2D eigenvalue weighted by Crippen LogP contribution is -2.48. The Balaban J connectivity index is 2.61. The molecule has 13 heavy (non-hydrogen) atoms. The molecule has 3 atom stereocenters. The van der Waals surface area contributed by atoms with E-state index in [1.807, 2.05) is 6.92 Å². The molecule has 1 aliphatic rings. The van der Waals surface area contributed by atoms with Crippen LogP contribution in [0.15, 0.2) is 0 Å². The van der Waals surface area contributed by atoms with Gasteiger partial charge in [0.15, 0.2) is 0 Å². The normalized spacial score (nSPS) is 37.4. The standard InChI is InChI=1S/C10H21NO2/c1-3-9(7-11)10(12)4-5-13-8(2)6-10/h8-9,12H,3-7,11H2,1-2H3. The van der Waals surface area contributed by atoms with E-state index in [2.05, 4.69) is 6.92 Å². The fraction of sp³-hybridized carbons (Fsp3) is 1.00. The van der Waals surface area contributed by atoms with E-state index in [1.165, 1.54) is 0 Å². The van der Waals surface area contributed by atoms with E-state index in [1.54, 1.807) is 0 Å². The predicted octanol–water partition coefficient (Wildman–Crippen LogP) is 0.901. The summed E-state index contributed by atoms with van der Waals surface area (Å²) in [7, 11) is 0. The van der Waals surface area contributed by atoms with Gasteiger partial charge in [0, 0.05) is 13.0 Å². The van der Waals surface area contributed by atoms with Crippen molar-refractivity contribution in [1.82, 2.24) is 0 Å². The number of nitrogens with two attached hydrogens (primary N) is 1. The molecule has 3 N–H and O–H groups in total. The van der Waals surface area contributed by atoms with Crippen LogP contribution >= 0.6 is 0 Å². The van der Waals surface area contributed by atoms with Crippen molar-refractivity contribution < 1.29 is 9.84 Å². The van der Waals surface area contributed by atoms with Crippen molar-refractivity contribution in [3.8, 4) is 0 Å². The first-order valence-corrected chi connectivity index (χ1v) is 5.16. The number of rotatable bonds is 3. The second-order valence-corrected chi connectivity index (χ2v) is 4.08. The smallest absolute Gasteiger partial charge is 0.0734 e. The number of hydrogen-bond acceptors (Lipinski definition) is 3. The highest BCUT2D eigenvalue weighted by atomic mass is 16.5. The van der Waals surface area contributed by atoms with Crippen molar-refractivity contribution in [2.24, 2.45) is 11.7 Å². The molecular weight excluding hydrogens is 166 g/mol. The van der Waals surface area contributed by atoms with E-state index in [4.69, 9.17) is 10.5 Å². The second kappa shape index (κ2) is 4.40. The Labute approximate surface area is 80.3 Å². The maximum absolute atomic E-state index is 10.3. The van der Waals surface area contributed by atoms with Gasteiger partial charge in [0.1, 0.15) is 0 Å². The molecule has 0 amide bonds. The average Bonchev–Trinajstić information content (AvgIpc) is 2.05. The van der Waals surface area contributed by atoms with E-state index >= 15 is 0 Å². The molecule has 0 spiro atoms. The second-order valence-electron chi connectivity index (χ2n) is 4.08. The third-order valence-electron chi connectivity index (χ3n) is 3.12. The Morgan fingerprint density at radius 3 is 2.85 bits per heavy atom. The summed E-state index contributed by atoms with van der Waals surface area (Å²) in [6, 6.07) is 0. The summed E-state index contributed by atoms with van der Waals surface area (Å²) in [6.45, 7) is 5.32. The molecular formula is C10H21NO2. The minimum absolute atomic E-state index is 0.166. The van der Waals surface area contributed by atoms with Crippen molar-refractivity contribution in [2.45, 2.75) is 44.8 Å². The fourth-order valence-corrected chi connectivity index (χ4v) is 2.23. The van der Waals surface area contributed by atoms with Gasteiger partial charge >= 0.3 is 0 Å². The summed E-state index contributed by atoms with van der Waals surface area (Å²) >= 11 is 0. The van der Waals surface area contributed by atoms with Gasteiger partial charge in [-0.15, -0.1) is 0 Å². The lowest BCUT2D eigenvalue weighted by Gasteiger charge is -2.40. The zero-order chi connectivity index (χ0) is 9.90. The van der Waals surface area contributed by atoms with Crippen molar-refractivity contribution in [3.63, 3.8) is 0 Å². The molecule has 0 aromatic heterocycles. The molecule has 0 saturated carbocycles. The first-order chi connectivity index (χ1) is 6.12. The summed E-state index contributed by atoms with van der Waals surface area (Å²) in [5, 5.41) is 10.3. The van der Waals surface area contributed by atoms with Crippen molar-refractivity contribution in [2.75, 3.05) is 13.2 Å². The summed E-state index contributed by atoms with van der Waals surface area (Å²) in [6.07, 6.45) is 2.56. The largest absolute Gasteiger partial charge is 0.389 e. The van der Waals surface area contributed by atoms with Gasteiger partial charge in [0.25, 0.3) is 0 Å². The lowest BCUT2D eigenvalue weighted by molar-refractivity contribution is -0.125. The average molecular weight is 187 g/mol. The Hall–Kier alpha value is -0.120. The number of aliphatic hydroxyl groups is 1.